The number of hydrogen-bond donors (Lipinski definition) is 3. The summed E-state index contributed by atoms with van der Waals surface area (Å²) in [5.74, 6) is -0.975. The zero-order valence-electron chi connectivity index (χ0n) is 27.3. The minimum Gasteiger partial charge on any atom is -0.465 e. The second-order valence-corrected chi connectivity index (χ2v) is 13.9. The fraction of sp³-hybridized carbons (Fsp3) is 0.243. The topological polar surface area (TPSA) is 117 Å². The van der Waals surface area contributed by atoms with E-state index in [1.54, 1.807) is 48.5 Å². The van der Waals surface area contributed by atoms with Gasteiger partial charge in [0.2, 0.25) is 5.91 Å². The summed E-state index contributed by atoms with van der Waals surface area (Å²) in [7, 11) is 5.24. The summed E-state index contributed by atoms with van der Waals surface area (Å²) in [6.45, 7) is 2.19. The Bertz CT molecular complexity index is 1830. The molecular formula is C37H38N4O5S2. The van der Waals surface area contributed by atoms with E-state index >= 15 is 0 Å². The number of ether oxygens (including phenoxy) is 1. The van der Waals surface area contributed by atoms with Gasteiger partial charge in [-0.3, -0.25) is 14.4 Å². The van der Waals surface area contributed by atoms with Gasteiger partial charge in [-0.15, -0.1) is 23.1 Å². The van der Waals surface area contributed by atoms with Crippen LogP contribution in [0.25, 0.3) is 6.08 Å². The van der Waals surface area contributed by atoms with Gasteiger partial charge in [-0.25, -0.2) is 4.79 Å². The summed E-state index contributed by atoms with van der Waals surface area (Å²) < 4.78 is 5.04. The number of nitrogens with zero attached hydrogens (tertiary/aromatic N) is 1. The number of hydrogen-bond acceptors (Lipinski definition) is 8. The lowest BCUT2D eigenvalue weighted by Gasteiger charge is -2.18. The summed E-state index contributed by atoms with van der Waals surface area (Å²) >= 11 is 2.75. The van der Waals surface area contributed by atoms with E-state index in [0.717, 1.165) is 45.8 Å². The number of thioether (sulfide) groups is 1. The Balaban J connectivity index is 1.27. The molecule has 1 atom stereocenters. The molecule has 3 N–H and O–H groups in total. The predicted octanol–water partition coefficient (Wildman–Crippen LogP) is 6.87. The minimum atomic E-state index is -0.498. The van der Waals surface area contributed by atoms with Gasteiger partial charge in [0.15, 0.2) is 0 Å². The Kier molecular flexibility index (Phi) is 11.4. The molecule has 5 rings (SSSR count). The van der Waals surface area contributed by atoms with Crippen LogP contribution in [0, 0.1) is 5.92 Å². The average Bonchev–Trinajstić information content (AvgIpc) is 3.43. The molecule has 1 aliphatic rings. The van der Waals surface area contributed by atoms with Gasteiger partial charge in [0.05, 0.1) is 18.4 Å². The third kappa shape index (κ3) is 8.72. The largest absolute Gasteiger partial charge is 0.465 e. The fourth-order valence-electron chi connectivity index (χ4n) is 5.31. The van der Waals surface area contributed by atoms with Gasteiger partial charge < -0.3 is 25.6 Å². The van der Waals surface area contributed by atoms with Crippen molar-refractivity contribution in [2.24, 2.45) is 5.92 Å². The second-order valence-electron chi connectivity index (χ2n) is 11.7. The van der Waals surface area contributed by atoms with Gasteiger partial charge in [0, 0.05) is 40.8 Å². The molecule has 48 heavy (non-hydrogen) atoms. The molecule has 1 aliphatic carbocycles. The van der Waals surface area contributed by atoms with Crippen molar-refractivity contribution in [2.45, 2.75) is 31.1 Å². The summed E-state index contributed by atoms with van der Waals surface area (Å²) in [4.78, 5) is 56.1. The standard InChI is InChI=1S/C37H38N4O5S2/c1-23-13-18-29-31(19-23)48-36(33(29)37(45)46-4)40-32(42)22-47-28-12-8-11-26(21-28)38-35(44)30(39-34(43)25-9-6-5-7-10-25)20-24-14-16-27(17-15-24)41(2)3/h5-12,14-17,20-21,23H,13,18-19,22H2,1-4H3,(H,38,44)(H,39,43)(H,40,42)/b30-20+. The first-order valence-corrected chi connectivity index (χ1v) is 17.3. The van der Waals surface area contributed by atoms with E-state index in [-0.39, 0.29) is 17.4 Å². The van der Waals surface area contributed by atoms with Gasteiger partial charge >= 0.3 is 5.97 Å². The lowest BCUT2D eigenvalue weighted by atomic mass is 9.88. The highest BCUT2D eigenvalue weighted by Gasteiger charge is 2.29. The lowest BCUT2D eigenvalue weighted by Crippen LogP contribution is -2.30. The Morgan fingerprint density at radius 1 is 0.979 bits per heavy atom. The third-order valence-electron chi connectivity index (χ3n) is 7.87. The molecule has 0 saturated carbocycles. The number of thiophene rings is 1. The first-order valence-electron chi connectivity index (χ1n) is 15.5. The summed E-state index contributed by atoms with van der Waals surface area (Å²) in [6.07, 6.45) is 4.29. The number of anilines is 3. The number of amides is 3. The van der Waals surface area contributed by atoms with Crippen molar-refractivity contribution in [1.29, 1.82) is 0 Å². The Hall–Kier alpha value is -4.87. The Labute approximate surface area is 288 Å². The van der Waals surface area contributed by atoms with Crippen LogP contribution in [0.4, 0.5) is 16.4 Å². The lowest BCUT2D eigenvalue weighted by molar-refractivity contribution is -0.114. The Morgan fingerprint density at radius 2 is 1.73 bits per heavy atom. The molecule has 3 aromatic carbocycles. The maximum Gasteiger partial charge on any atom is 0.341 e. The number of fused-ring (bicyclic) bond motifs is 1. The molecule has 0 saturated heterocycles. The molecular weight excluding hydrogens is 645 g/mol. The van der Waals surface area contributed by atoms with Gasteiger partial charge in [-0.2, -0.15) is 0 Å². The van der Waals surface area contributed by atoms with Gasteiger partial charge in [0.1, 0.15) is 10.7 Å². The van der Waals surface area contributed by atoms with Crippen LogP contribution in [0.1, 0.15) is 50.1 Å². The highest BCUT2D eigenvalue weighted by Crippen LogP contribution is 2.40. The zero-order valence-corrected chi connectivity index (χ0v) is 28.9. The summed E-state index contributed by atoms with van der Waals surface area (Å²) in [5, 5.41) is 9.10. The highest BCUT2D eigenvalue weighted by atomic mass is 32.2. The first kappa shape index (κ1) is 34.5. The highest BCUT2D eigenvalue weighted by molar-refractivity contribution is 8.00. The van der Waals surface area contributed by atoms with Crippen molar-refractivity contribution in [1.82, 2.24) is 5.32 Å². The molecule has 1 unspecified atom stereocenters. The second kappa shape index (κ2) is 15.8. The van der Waals surface area contributed by atoms with Gasteiger partial charge in [-0.1, -0.05) is 43.3 Å². The van der Waals surface area contributed by atoms with Crippen molar-refractivity contribution in [3.8, 4) is 0 Å². The minimum absolute atomic E-state index is 0.0772. The van der Waals surface area contributed by atoms with Gasteiger partial charge in [-0.05, 0) is 84.8 Å². The third-order valence-corrected chi connectivity index (χ3v) is 10.0. The van der Waals surface area contributed by atoms with E-state index in [9.17, 15) is 19.2 Å². The molecule has 0 aliphatic heterocycles. The SMILES string of the molecule is COC(=O)c1c(NC(=O)CSc2cccc(NC(=O)/C(=C\c3ccc(N(C)C)cc3)NC(=O)c3ccccc3)c2)sc2c1CCC(C)C2. The molecule has 9 nitrogen and oxygen atoms in total. The number of methoxy groups -OCH3 is 1. The molecule has 0 fully saturated rings. The van der Waals surface area contributed by atoms with Crippen molar-refractivity contribution >= 4 is 69.2 Å². The van der Waals surface area contributed by atoms with Crippen LogP contribution < -0.4 is 20.9 Å². The van der Waals surface area contributed by atoms with Crippen LogP contribution >= 0.6 is 23.1 Å². The summed E-state index contributed by atoms with van der Waals surface area (Å²) in [5.41, 5.74) is 4.19. The molecule has 0 bridgehead atoms. The maximum atomic E-state index is 13.5. The van der Waals surface area contributed by atoms with Crippen molar-refractivity contribution < 1.29 is 23.9 Å². The number of benzene rings is 3. The molecule has 248 valence electrons. The van der Waals surface area contributed by atoms with E-state index in [4.69, 9.17) is 4.74 Å². The molecule has 4 aromatic rings. The van der Waals surface area contributed by atoms with Crippen LogP contribution in [0.3, 0.4) is 0 Å². The Morgan fingerprint density at radius 3 is 2.44 bits per heavy atom. The molecule has 0 radical (unpaired) electrons. The van der Waals surface area contributed by atoms with E-state index in [1.165, 1.54) is 30.2 Å². The molecule has 11 heteroatoms. The van der Waals surface area contributed by atoms with Crippen molar-refractivity contribution in [3.63, 3.8) is 0 Å². The van der Waals surface area contributed by atoms with Crippen LogP contribution in [0.15, 0.2) is 89.5 Å². The molecule has 3 amide bonds. The van der Waals surface area contributed by atoms with E-state index < -0.39 is 17.8 Å². The van der Waals surface area contributed by atoms with E-state index in [1.807, 2.05) is 55.4 Å². The van der Waals surface area contributed by atoms with Crippen molar-refractivity contribution in [3.05, 3.63) is 112 Å². The molecule has 1 aromatic heterocycles. The number of nitrogens with one attached hydrogen (secondary N) is 3. The fourth-order valence-corrected chi connectivity index (χ4v) is 7.48. The molecule has 0 spiro atoms. The quantitative estimate of drug-likeness (QED) is 0.0899. The maximum absolute atomic E-state index is 13.5. The van der Waals surface area contributed by atoms with Crippen LogP contribution in [0.5, 0.6) is 0 Å². The van der Waals surface area contributed by atoms with Crippen LogP contribution in [-0.2, 0) is 27.2 Å². The predicted molar refractivity (Wildman–Crippen MR) is 194 cm³/mol. The van der Waals surface area contributed by atoms with Crippen LogP contribution in [-0.4, -0.2) is 50.6 Å². The number of rotatable bonds is 11. The number of esters is 1. The monoisotopic (exact) mass is 682 g/mol. The van der Waals surface area contributed by atoms with Gasteiger partial charge in [0.25, 0.3) is 11.8 Å². The summed E-state index contributed by atoms with van der Waals surface area (Å²) in [6, 6.07) is 23.4. The smallest absolute Gasteiger partial charge is 0.341 e. The average molecular weight is 683 g/mol. The van der Waals surface area contributed by atoms with E-state index in [2.05, 4.69) is 22.9 Å². The number of carbonyl (C=O) groups excluding carboxylic acids is 4. The molecule has 1 heterocycles. The normalized spacial score (nSPS) is 14.0. The van der Waals surface area contributed by atoms with Crippen molar-refractivity contribution in [2.75, 3.05) is 42.5 Å². The first-order chi connectivity index (χ1) is 23.1. The van der Waals surface area contributed by atoms with Crippen LogP contribution in [0.2, 0.25) is 0 Å². The zero-order chi connectivity index (χ0) is 34.2. The van der Waals surface area contributed by atoms with E-state index in [0.29, 0.717) is 27.7 Å². The number of carbonyl (C=O) groups is 4.